The molecule has 0 aromatic heterocycles. The van der Waals surface area contributed by atoms with Crippen LogP contribution in [0.25, 0.3) is 0 Å². The highest BCUT2D eigenvalue weighted by Gasteiger charge is 2.11. The number of hydrogen-bond acceptors (Lipinski definition) is 3. The van der Waals surface area contributed by atoms with Gasteiger partial charge in [-0.3, -0.25) is 0 Å². The van der Waals surface area contributed by atoms with E-state index >= 15 is 0 Å². The quantitative estimate of drug-likeness (QED) is 0.744. The van der Waals surface area contributed by atoms with Gasteiger partial charge in [0.05, 0.1) is 21.2 Å². The summed E-state index contributed by atoms with van der Waals surface area (Å²) in [6.45, 7) is 7.80. The van der Waals surface area contributed by atoms with E-state index in [9.17, 15) is 0 Å². The van der Waals surface area contributed by atoms with E-state index in [1.54, 1.807) is 0 Å². The fraction of sp³-hybridized carbons (Fsp3) is 0.571. The van der Waals surface area contributed by atoms with Gasteiger partial charge < -0.3 is 15.2 Å². The average molecular weight is 395 g/mol. The predicted octanol–water partition coefficient (Wildman–Crippen LogP) is 3.91. The minimum Gasteiger partial charge on any atom is -0.489 e. The van der Waals surface area contributed by atoms with Gasteiger partial charge >= 0.3 is 0 Å². The number of nitrogens with two attached hydrogens (primary N) is 1. The Hall–Kier alpha value is -0.100. The lowest BCUT2D eigenvalue weighted by molar-refractivity contribution is -0.0164. The SMILES string of the molecule is CC(C)(C)OCCOc1c(Br)cc(CCN)cc1Br. The van der Waals surface area contributed by atoms with Gasteiger partial charge in [-0.1, -0.05) is 0 Å². The zero-order valence-electron chi connectivity index (χ0n) is 11.6. The first kappa shape index (κ1) is 17.0. The van der Waals surface area contributed by atoms with Crippen LogP contribution in [0.3, 0.4) is 0 Å². The molecule has 2 N–H and O–H groups in total. The summed E-state index contributed by atoms with van der Waals surface area (Å²) in [6.07, 6.45) is 0.852. The van der Waals surface area contributed by atoms with Crippen LogP contribution in [0, 0.1) is 0 Å². The topological polar surface area (TPSA) is 44.5 Å². The summed E-state index contributed by atoms with van der Waals surface area (Å²) in [5, 5.41) is 0. The van der Waals surface area contributed by atoms with Crippen molar-refractivity contribution in [2.45, 2.75) is 32.8 Å². The molecule has 0 atom stereocenters. The molecule has 19 heavy (non-hydrogen) atoms. The molecule has 0 heterocycles. The molecule has 1 aromatic carbocycles. The summed E-state index contributed by atoms with van der Waals surface area (Å²) in [7, 11) is 0. The first-order chi connectivity index (χ1) is 8.83. The molecule has 3 nitrogen and oxygen atoms in total. The van der Waals surface area contributed by atoms with E-state index in [4.69, 9.17) is 15.2 Å². The van der Waals surface area contributed by atoms with Gasteiger partial charge in [0.2, 0.25) is 0 Å². The van der Waals surface area contributed by atoms with Crippen LogP contribution >= 0.6 is 31.9 Å². The van der Waals surface area contributed by atoms with Crippen LogP contribution in [-0.4, -0.2) is 25.4 Å². The third-order valence-corrected chi connectivity index (χ3v) is 3.53. The van der Waals surface area contributed by atoms with Crippen molar-refractivity contribution in [2.24, 2.45) is 5.73 Å². The highest BCUT2D eigenvalue weighted by molar-refractivity contribution is 9.11. The lowest BCUT2D eigenvalue weighted by atomic mass is 10.1. The number of rotatable bonds is 6. The minimum atomic E-state index is -0.136. The third kappa shape index (κ3) is 6.25. The van der Waals surface area contributed by atoms with Crippen molar-refractivity contribution in [3.05, 3.63) is 26.6 Å². The van der Waals surface area contributed by atoms with Crippen LogP contribution in [-0.2, 0) is 11.2 Å². The van der Waals surface area contributed by atoms with Crippen molar-refractivity contribution in [1.82, 2.24) is 0 Å². The highest BCUT2D eigenvalue weighted by atomic mass is 79.9. The van der Waals surface area contributed by atoms with Crippen molar-refractivity contribution in [3.8, 4) is 5.75 Å². The maximum Gasteiger partial charge on any atom is 0.147 e. The number of benzene rings is 1. The summed E-state index contributed by atoms with van der Waals surface area (Å²) in [5.74, 6) is 0.804. The third-order valence-electron chi connectivity index (χ3n) is 2.36. The van der Waals surface area contributed by atoms with Crippen LogP contribution in [0.15, 0.2) is 21.1 Å². The molecule has 0 bridgehead atoms. The Morgan fingerprint density at radius 1 is 1.11 bits per heavy atom. The van der Waals surface area contributed by atoms with Crippen LogP contribution in [0.2, 0.25) is 0 Å². The van der Waals surface area contributed by atoms with Crippen LogP contribution in [0.4, 0.5) is 0 Å². The second-order valence-corrected chi connectivity index (χ2v) is 6.95. The number of ether oxygens (including phenoxy) is 2. The smallest absolute Gasteiger partial charge is 0.147 e. The largest absolute Gasteiger partial charge is 0.489 e. The molecule has 0 radical (unpaired) electrons. The van der Waals surface area contributed by atoms with Crippen molar-refractivity contribution in [3.63, 3.8) is 0 Å². The van der Waals surface area contributed by atoms with Crippen molar-refractivity contribution < 1.29 is 9.47 Å². The maximum absolute atomic E-state index is 5.75. The summed E-state index contributed by atoms with van der Waals surface area (Å²) < 4.78 is 13.2. The predicted molar refractivity (Wildman–Crippen MR) is 85.8 cm³/mol. The van der Waals surface area contributed by atoms with E-state index in [0.29, 0.717) is 19.8 Å². The summed E-state index contributed by atoms with van der Waals surface area (Å²) in [4.78, 5) is 0. The molecule has 0 saturated carbocycles. The second kappa shape index (κ2) is 7.62. The Kier molecular flexibility index (Phi) is 6.80. The van der Waals surface area contributed by atoms with Gasteiger partial charge in [0.1, 0.15) is 12.4 Å². The standard InChI is InChI=1S/C14H21Br2NO2/c1-14(2,3)19-7-6-18-13-11(15)8-10(4-5-17)9-12(13)16/h8-9H,4-7,17H2,1-3H3. The fourth-order valence-electron chi connectivity index (χ4n) is 1.55. The first-order valence-electron chi connectivity index (χ1n) is 6.28. The van der Waals surface area contributed by atoms with Crippen molar-refractivity contribution in [1.29, 1.82) is 0 Å². The van der Waals surface area contributed by atoms with Gasteiger partial charge in [-0.2, -0.15) is 0 Å². The summed E-state index contributed by atoms with van der Waals surface area (Å²) >= 11 is 7.05. The maximum atomic E-state index is 5.75. The van der Waals surface area contributed by atoms with E-state index in [-0.39, 0.29) is 5.60 Å². The van der Waals surface area contributed by atoms with Gasteiger partial charge in [0.15, 0.2) is 0 Å². The molecule has 0 aliphatic carbocycles. The average Bonchev–Trinajstić information content (AvgIpc) is 2.26. The second-order valence-electron chi connectivity index (χ2n) is 5.24. The molecule has 0 aliphatic rings. The van der Waals surface area contributed by atoms with E-state index in [1.165, 1.54) is 5.56 Å². The van der Waals surface area contributed by atoms with Crippen LogP contribution in [0.5, 0.6) is 5.75 Å². The van der Waals surface area contributed by atoms with E-state index < -0.39 is 0 Å². The molecule has 0 spiro atoms. The fourth-order valence-corrected chi connectivity index (χ4v) is 3.06. The van der Waals surface area contributed by atoms with Crippen molar-refractivity contribution >= 4 is 31.9 Å². The van der Waals surface area contributed by atoms with Crippen LogP contribution in [0.1, 0.15) is 26.3 Å². The molecule has 5 heteroatoms. The lowest BCUT2D eigenvalue weighted by Crippen LogP contribution is -2.22. The Labute approximate surface area is 132 Å². The van der Waals surface area contributed by atoms with Crippen molar-refractivity contribution in [2.75, 3.05) is 19.8 Å². The number of hydrogen-bond donors (Lipinski definition) is 1. The van der Waals surface area contributed by atoms with E-state index in [0.717, 1.165) is 21.1 Å². The first-order valence-corrected chi connectivity index (χ1v) is 7.87. The molecular formula is C14H21Br2NO2. The molecule has 0 fully saturated rings. The van der Waals surface area contributed by atoms with Gasteiger partial charge in [0.25, 0.3) is 0 Å². The van der Waals surface area contributed by atoms with Gasteiger partial charge in [-0.05, 0) is 83.3 Å². The van der Waals surface area contributed by atoms with E-state index in [1.807, 2.05) is 32.9 Å². The van der Waals surface area contributed by atoms with Gasteiger partial charge in [0, 0.05) is 0 Å². The van der Waals surface area contributed by atoms with Gasteiger partial charge in [-0.25, -0.2) is 0 Å². The number of halogens is 2. The molecule has 0 unspecified atom stereocenters. The molecule has 1 aromatic rings. The Morgan fingerprint density at radius 2 is 1.68 bits per heavy atom. The Bertz CT molecular complexity index is 393. The molecule has 0 saturated heterocycles. The minimum absolute atomic E-state index is 0.136. The molecular weight excluding hydrogens is 374 g/mol. The Balaban J connectivity index is 2.59. The summed E-state index contributed by atoms with van der Waals surface area (Å²) in [6, 6.07) is 4.08. The molecule has 0 amide bonds. The molecule has 0 aliphatic heterocycles. The Morgan fingerprint density at radius 3 is 2.16 bits per heavy atom. The zero-order valence-corrected chi connectivity index (χ0v) is 14.8. The highest BCUT2D eigenvalue weighted by Crippen LogP contribution is 2.34. The molecule has 108 valence electrons. The molecule has 1 rings (SSSR count). The van der Waals surface area contributed by atoms with Crippen LogP contribution < -0.4 is 10.5 Å². The normalized spacial score (nSPS) is 11.7. The van der Waals surface area contributed by atoms with E-state index in [2.05, 4.69) is 31.9 Å². The van der Waals surface area contributed by atoms with Gasteiger partial charge in [-0.15, -0.1) is 0 Å². The summed E-state index contributed by atoms with van der Waals surface area (Å²) in [5.41, 5.74) is 6.60. The monoisotopic (exact) mass is 393 g/mol. The zero-order chi connectivity index (χ0) is 14.5. The lowest BCUT2D eigenvalue weighted by Gasteiger charge is -2.20.